The lowest BCUT2D eigenvalue weighted by atomic mass is 10.1. The summed E-state index contributed by atoms with van der Waals surface area (Å²) in [6.45, 7) is 5.30. The number of carbonyl (C=O) groups is 1. The number of hydrogen-bond donors (Lipinski definition) is 1. The number of amides is 1. The number of hydrogen-bond acceptors (Lipinski definition) is 7. The zero-order valence-electron chi connectivity index (χ0n) is 18.6. The topological polar surface area (TPSA) is 79.2 Å². The van der Waals surface area contributed by atoms with Crippen LogP contribution >= 0.6 is 11.3 Å². The second kappa shape index (κ2) is 8.61. The van der Waals surface area contributed by atoms with Crippen LogP contribution < -0.4 is 15.6 Å². The Morgan fingerprint density at radius 3 is 2.74 bits per heavy atom. The van der Waals surface area contributed by atoms with Crippen molar-refractivity contribution in [2.24, 2.45) is 0 Å². The van der Waals surface area contributed by atoms with Crippen LogP contribution in [-0.4, -0.2) is 72.7 Å². The molecule has 0 saturated carbocycles. The van der Waals surface area contributed by atoms with E-state index in [0.29, 0.717) is 43.3 Å². The highest BCUT2D eigenvalue weighted by atomic mass is 32.1. The smallest absolute Gasteiger partial charge is 0.258 e. The fraction of sp³-hybridized carbons (Fsp3) is 0.375. The average Bonchev–Trinajstić information content (AvgIpc) is 3.20. The first-order valence-corrected chi connectivity index (χ1v) is 12.3. The first-order chi connectivity index (χ1) is 16.6. The summed E-state index contributed by atoms with van der Waals surface area (Å²) in [7, 11) is 0. The summed E-state index contributed by atoms with van der Waals surface area (Å²) in [5.74, 6) is -0.810. The van der Waals surface area contributed by atoms with Gasteiger partial charge in [0, 0.05) is 26.2 Å². The number of para-hydroxylation sites is 1. The third-order valence-corrected chi connectivity index (χ3v) is 7.70. The largest absolute Gasteiger partial charge is 0.378 e. The van der Waals surface area contributed by atoms with Gasteiger partial charge in [0.1, 0.15) is 10.4 Å². The molecule has 1 N–H and O–H groups in total. The second-order valence-corrected chi connectivity index (χ2v) is 9.66. The summed E-state index contributed by atoms with van der Waals surface area (Å²) in [6.07, 6.45) is 1.17. The molecular weight excluding hydrogens is 457 g/mol. The standard InChI is InChI=1S/C24H24FN5O3S/c25-16-14-15-20(31)19(23(32)26-6-9-28-7-3-8-28)24-30(17-4-1-2-5-18(17)34-24)21(15)27-22(16)29-10-12-33-13-11-29/h1-2,4-5,14H,3,6-13H2,(H,26,32). The first kappa shape index (κ1) is 21.5. The van der Waals surface area contributed by atoms with Crippen molar-refractivity contribution in [3.05, 3.63) is 51.9 Å². The van der Waals surface area contributed by atoms with Gasteiger partial charge in [-0.2, -0.15) is 0 Å². The fourth-order valence-electron chi connectivity index (χ4n) is 4.62. The number of anilines is 1. The highest BCUT2D eigenvalue weighted by Crippen LogP contribution is 2.32. The van der Waals surface area contributed by atoms with Crippen LogP contribution in [0, 0.1) is 5.82 Å². The van der Waals surface area contributed by atoms with E-state index in [1.54, 1.807) is 0 Å². The summed E-state index contributed by atoms with van der Waals surface area (Å²) < 4.78 is 23.3. The molecule has 4 aromatic rings. The van der Waals surface area contributed by atoms with Crippen molar-refractivity contribution in [1.82, 2.24) is 19.6 Å². The molecule has 0 bridgehead atoms. The van der Waals surface area contributed by atoms with Crippen molar-refractivity contribution >= 4 is 49.1 Å². The van der Waals surface area contributed by atoms with Crippen molar-refractivity contribution in [2.45, 2.75) is 6.42 Å². The third kappa shape index (κ3) is 3.53. The number of ether oxygens (including phenoxy) is 1. The molecule has 6 rings (SSSR count). The van der Waals surface area contributed by atoms with Gasteiger partial charge in [-0.25, -0.2) is 9.37 Å². The zero-order chi connectivity index (χ0) is 23.2. The number of benzene rings is 1. The van der Waals surface area contributed by atoms with Gasteiger partial charge in [0.2, 0.25) is 5.43 Å². The minimum Gasteiger partial charge on any atom is -0.378 e. The summed E-state index contributed by atoms with van der Waals surface area (Å²) in [6, 6.07) is 8.91. The van der Waals surface area contributed by atoms with Crippen molar-refractivity contribution < 1.29 is 13.9 Å². The Bertz CT molecular complexity index is 1470. The highest BCUT2D eigenvalue weighted by molar-refractivity contribution is 7.24. The number of pyridine rings is 2. The minimum atomic E-state index is -0.574. The maximum absolute atomic E-state index is 15.2. The van der Waals surface area contributed by atoms with Crippen LogP contribution in [0.3, 0.4) is 0 Å². The van der Waals surface area contributed by atoms with E-state index in [2.05, 4.69) is 15.2 Å². The van der Waals surface area contributed by atoms with Crippen molar-refractivity contribution in [1.29, 1.82) is 0 Å². The number of carbonyl (C=O) groups excluding carboxylic acids is 1. The Morgan fingerprint density at radius 1 is 1.18 bits per heavy atom. The molecule has 0 atom stereocenters. The van der Waals surface area contributed by atoms with Crippen LogP contribution in [-0.2, 0) is 4.74 Å². The Labute approximate surface area is 198 Å². The molecule has 1 aromatic carbocycles. The fourth-order valence-corrected chi connectivity index (χ4v) is 5.80. The number of aromatic nitrogens is 2. The van der Waals surface area contributed by atoms with Crippen molar-refractivity contribution in [3.8, 4) is 0 Å². The van der Waals surface area contributed by atoms with Crippen LogP contribution in [0.25, 0.3) is 26.1 Å². The summed E-state index contributed by atoms with van der Waals surface area (Å²) in [5.41, 5.74) is 0.729. The molecule has 0 radical (unpaired) electrons. The van der Waals surface area contributed by atoms with Crippen molar-refractivity contribution in [3.63, 3.8) is 0 Å². The Morgan fingerprint density at radius 2 is 1.97 bits per heavy atom. The van der Waals surface area contributed by atoms with Gasteiger partial charge in [-0.3, -0.25) is 14.0 Å². The molecule has 0 unspecified atom stereocenters. The van der Waals surface area contributed by atoms with E-state index >= 15 is 4.39 Å². The minimum absolute atomic E-state index is 0.0395. The zero-order valence-corrected chi connectivity index (χ0v) is 19.4. The van der Waals surface area contributed by atoms with Gasteiger partial charge in [-0.15, -0.1) is 11.3 Å². The molecule has 2 aliphatic heterocycles. The summed E-state index contributed by atoms with van der Waals surface area (Å²) >= 11 is 1.37. The predicted octanol–water partition coefficient (Wildman–Crippen LogP) is 2.47. The van der Waals surface area contributed by atoms with Gasteiger partial charge in [-0.05, 0) is 37.7 Å². The van der Waals surface area contributed by atoms with Crippen LogP contribution in [0.15, 0.2) is 35.1 Å². The number of thiazole rings is 1. The number of likely N-dealkylation sites (tertiary alicyclic amines) is 1. The van der Waals surface area contributed by atoms with Crippen LogP contribution in [0.2, 0.25) is 0 Å². The maximum Gasteiger partial charge on any atom is 0.258 e. The van der Waals surface area contributed by atoms with Gasteiger partial charge in [0.05, 0.1) is 28.8 Å². The first-order valence-electron chi connectivity index (χ1n) is 11.5. The molecular formula is C24H24FN5O3S. The summed E-state index contributed by atoms with van der Waals surface area (Å²) in [5, 5.41) is 2.99. The molecule has 0 spiro atoms. The average molecular weight is 482 g/mol. The number of morpholine rings is 1. The lowest BCUT2D eigenvalue weighted by Crippen LogP contribution is -2.43. The van der Waals surface area contributed by atoms with E-state index in [0.717, 1.165) is 29.9 Å². The van der Waals surface area contributed by atoms with Gasteiger partial charge >= 0.3 is 0 Å². The molecule has 0 aliphatic carbocycles. The van der Waals surface area contributed by atoms with E-state index < -0.39 is 17.2 Å². The summed E-state index contributed by atoms with van der Waals surface area (Å²) in [4.78, 5) is 36.0. The maximum atomic E-state index is 15.2. The van der Waals surface area contributed by atoms with E-state index in [1.807, 2.05) is 33.6 Å². The number of rotatable bonds is 5. The number of fused-ring (bicyclic) bond motifs is 5. The van der Waals surface area contributed by atoms with Gasteiger partial charge in [0.15, 0.2) is 17.3 Å². The normalized spacial score (nSPS) is 16.9. The van der Waals surface area contributed by atoms with Crippen LogP contribution in [0.5, 0.6) is 0 Å². The van der Waals surface area contributed by atoms with E-state index in [9.17, 15) is 9.59 Å². The highest BCUT2D eigenvalue weighted by Gasteiger charge is 2.26. The molecule has 1 amide bonds. The number of nitrogens with one attached hydrogen (secondary N) is 1. The monoisotopic (exact) mass is 481 g/mol. The molecule has 2 fully saturated rings. The Balaban J connectivity index is 1.54. The van der Waals surface area contributed by atoms with E-state index in [-0.39, 0.29) is 16.8 Å². The van der Waals surface area contributed by atoms with Crippen molar-refractivity contribution in [2.75, 3.05) is 57.4 Å². The van der Waals surface area contributed by atoms with E-state index in [1.165, 1.54) is 23.8 Å². The molecule has 2 saturated heterocycles. The molecule has 2 aliphatic rings. The quantitative estimate of drug-likeness (QED) is 0.472. The molecule has 8 nitrogen and oxygen atoms in total. The predicted molar refractivity (Wildman–Crippen MR) is 131 cm³/mol. The number of halogens is 1. The molecule has 3 aromatic heterocycles. The molecule has 176 valence electrons. The lowest BCUT2D eigenvalue weighted by molar-refractivity contribution is 0.0942. The van der Waals surface area contributed by atoms with E-state index in [4.69, 9.17) is 4.74 Å². The number of nitrogens with zero attached hydrogens (tertiary/aromatic N) is 4. The lowest BCUT2D eigenvalue weighted by Gasteiger charge is -2.30. The molecule has 34 heavy (non-hydrogen) atoms. The Kier molecular flexibility index (Phi) is 5.43. The van der Waals surface area contributed by atoms with Gasteiger partial charge in [0.25, 0.3) is 5.91 Å². The third-order valence-electron chi connectivity index (χ3n) is 6.55. The van der Waals surface area contributed by atoms with Crippen LogP contribution in [0.4, 0.5) is 10.2 Å². The Hall–Kier alpha value is -3.08. The SMILES string of the molecule is O=C(NCCN1CCC1)c1c(=O)c2cc(F)c(N3CCOCC3)nc2n2c1sc1ccccc12. The molecule has 5 heterocycles. The van der Waals surface area contributed by atoms with Gasteiger partial charge in [-0.1, -0.05) is 12.1 Å². The van der Waals surface area contributed by atoms with Crippen LogP contribution in [0.1, 0.15) is 16.8 Å². The van der Waals surface area contributed by atoms with Gasteiger partial charge < -0.3 is 19.9 Å². The second-order valence-electron chi connectivity index (χ2n) is 8.63. The molecule has 10 heteroatoms.